The molecule has 8 heteroatoms. The van der Waals surface area contributed by atoms with Crippen molar-refractivity contribution in [2.24, 2.45) is 22.2 Å². The van der Waals surface area contributed by atoms with Gasteiger partial charge in [-0.25, -0.2) is 0 Å². The van der Waals surface area contributed by atoms with Gasteiger partial charge < -0.3 is 4.74 Å². The standard InChI is InChI=1S/C31H44ClN3O3S/c1-20-29(36)35(30(37)31(20,4)5)18-28-17-34(27(19-38-28)15-23-7-11-25(32)12-8-23)26-13-9-24(10-14-26)16-33-21(2)22(3)39-6/h7-8,11-12,16,20,24,26-28H,9-10,13-15,17-19H2,1-6H3/b22-21-,33-16?. The van der Waals surface area contributed by atoms with Crippen LogP contribution in [0.4, 0.5) is 0 Å². The highest BCUT2D eigenvalue weighted by molar-refractivity contribution is 8.02. The fraction of sp³-hybridized carbons (Fsp3) is 0.645. The maximum Gasteiger partial charge on any atom is 0.235 e. The number of halogens is 1. The van der Waals surface area contributed by atoms with Crippen molar-refractivity contribution in [1.82, 2.24) is 9.80 Å². The fourth-order valence-corrected chi connectivity index (χ4v) is 6.47. The summed E-state index contributed by atoms with van der Waals surface area (Å²) in [7, 11) is 0. The van der Waals surface area contributed by atoms with Crippen LogP contribution in [0.15, 0.2) is 39.9 Å². The zero-order valence-electron chi connectivity index (χ0n) is 24.3. The zero-order chi connectivity index (χ0) is 28.3. The number of ether oxygens (including phenoxy) is 1. The van der Waals surface area contributed by atoms with Gasteiger partial charge in [0.15, 0.2) is 0 Å². The number of nitrogens with zero attached hydrogens (tertiary/aromatic N) is 3. The maximum atomic E-state index is 13.1. The predicted molar refractivity (Wildman–Crippen MR) is 161 cm³/mol. The zero-order valence-corrected chi connectivity index (χ0v) is 25.9. The molecule has 0 radical (unpaired) electrons. The third-order valence-electron chi connectivity index (χ3n) is 9.20. The van der Waals surface area contributed by atoms with Gasteiger partial charge in [0.1, 0.15) is 0 Å². The molecule has 39 heavy (non-hydrogen) atoms. The number of hydrogen-bond acceptors (Lipinski definition) is 6. The highest BCUT2D eigenvalue weighted by Crippen LogP contribution is 2.38. The summed E-state index contributed by atoms with van der Waals surface area (Å²) in [6.45, 7) is 11.4. The van der Waals surface area contributed by atoms with Crippen LogP contribution in [0.5, 0.6) is 0 Å². The number of rotatable bonds is 8. The van der Waals surface area contributed by atoms with Crippen LogP contribution in [-0.4, -0.2) is 72.0 Å². The van der Waals surface area contributed by atoms with E-state index in [-0.39, 0.29) is 29.9 Å². The van der Waals surface area contributed by atoms with Crippen molar-refractivity contribution in [3.8, 4) is 0 Å². The first kappa shape index (κ1) is 30.3. The normalized spacial score (nSPS) is 30.7. The molecule has 3 unspecified atom stereocenters. The summed E-state index contributed by atoms with van der Waals surface area (Å²) in [5, 5.41) is 0.741. The van der Waals surface area contributed by atoms with Gasteiger partial charge in [-0.3, -0.25) is 24.4 Å². The van der Waals surface area contributed by atoms with Crippen molar-refractivity contribution in [1.29, 1.82) is 0 Å². The van der Waals surface area contributed by atoms with Gasteiger partial charge in [0.25, 0.3) is 0 Å². The Morgan fingerprint density at radius 3 is 2.41 bits per heavy atom. The lowest BCUT2D eigenvalue weighted by Crippen LogP contribution is -2.58. The number of imide groups is 1. The lowest BCUT2D eigenvalue weighted by Gasteiger charge is -2.46. The minimum absolute atomic E-state index is 0.0794. The van der Waals surface area contributed by atoms with Crippen molar-refractivity contribution >= 4 is 41.4 Å². The molecule has 1 saturated carbocycles. The monoisotopic (exact) mass is 573 g/mol. The largest absolute Gasteiger partial charge is 0.373 e. The summed E-state index contributed by atoms with van der Waals surface area (Å²) in [5.41, 5.74) is 1.68. The number of hydrogen-bond donors (Lipinski definition) is 0. The SMILES string of the molecule is CS/C(C)=C(/C)N=CC1CCC(N2CC(CN3C(=O)C(C)C(C)(C)C3=O)OCC2Cc2ccc(Cl)cc2)CC1. The van der Waals surface area contributed by atoms with E-state index in [1.54, 1.807) is 11.8 Å². The second-order valence-electron chi connectivity index (χ2n) is 12.0. The Labute approximate surface area is 243 Å². The number of thioether (sulfide) groups is 1. The smallest absolute Gasteiger partial charge is 0.235 e. The molecule has 2 heterocycles. The third kappa shape index (κ3) is 6.98. The summed E-state index contributed by atoms with van der Waals surface area (Å²) >= 11 is 7.88. The highest BCUT2D eigenvalue weighted by atomic mass is 35.5. The van der Waals surface area contributed by atoms with E-state index >= 15 is 0 Å². The molecule has 1 aliphatic carbocycles. The molecule has 2 aliphatic heterocycles. The number of carbonyl (C=O) groups is 2. The topological polar surface area (TPSA) is 62.2 Å². The van der Waals surface area contributed by atoms with Gasteiger partial charge in [-0.05, 0) is 75.8 Å². The Hall–Kier alpha value is -1.67. The molecule has 6 nitrogen and oxygen atoms in total. The van der Waals surface area contributed by atoms with Gasteiger partial charge in [0.2, 0.25) is 11.8 Å². The van der Waals surface area contributed by atoms with E-state index in [4.69, 9.17) is 21.3 Å². The van der Waals surface area contributed by atoms with Crippen LogP contribution < -0.4 is 0 Å². The van der Waals surface area contributed by atoms with Crippen molar-refractivity contribution < 1.29 is 14.3 Å². The molecule has 3 atom stereocenters. The first-order chi connectivity index (χ1) is 18.5. The number of carbonyl (C=O) groups excluding carboxylic acids is 2. The van der Waals surface area contributed by atoms with Gasteiger partial charge in [-0.1, -0.05) is 44.5 Å². The second kappa shape index (κ2) is 12.9. The van der Waals surface area contributed by atoms with Gasteiger partial charge >= 0.3 is 0 Å². The second-order valence-corrected chi connectivity index (χ2v) is 13.5. The molecule has 2 saturated heterocycles. The first-order valence-electron chi connectivity index (χ1n) is 14.2. The van der Waals surface area contributed by atoms with E-state index in [2.05, 4.69) is 43.4 Å². The van der Waals surface area contributed by atoms with E-state index in [9.17, 15) is 9.59 Å². The lowest BCUT2D eigenvalue weighted by molar-refractivity contribution is -0.146. The average molecular weight is 574 g/mol. The number of benzene rings is 1. The number of morpholine rings is 1. The molecule has 4 rings (SSSR count). The molecular formula is C31H44ClN3O3S. The van der Waals surface area contributed by atoms with Crippen molar-refractivity contribution in [2.75, 3.05) is 26.0 Å². The molecule has 3 aliphatic rings. The number of allylic oxidation sites excluding steroid dienone is 2. The van der Waals surface area contributed by atoms with E-state index in [1.165, 1.54) is 15.4 Å². The molecule has 0 aromatic heterocycles. The number of aliphatic imine (C=N–C) groups is 1. The molecule has 0 bridgehead atoms. The van der Waals surface area contributed by atoms with Gasteiger partial charge in [-0.15, -0.1) is 11.8 Å². The van der Waals surface area contributed by atoms with E-state index in [0.29, 0.717) is 25.1 Å². The van der Waals surface area contributed by atoms with Crippen LogP contribution in [0.2, 0.25) is 5.02 Å². The minimum atomic E-state index is -0.662. The first-order valence-corrected chi connectivity index (χ1v) is 15.8. The third-order valence-corrected chi connectivity index (χ3v) is 10.4. The van der Waals surface area contributed by atoms with Crippen LogP contribution in [0.3, 0.4) is 0 Å². The van der Waals surface area contributed by atoms with E-state index in [1.807, 2.05) is 32.9 Å². The Morgan fingerprint density at radius 2 is 1.82 bits per heavy atom. The molecule has 0 spiro atoms. The molecule has 3 fully saturated rings. The summed E-state index contributed by atoms with van der Waals surface area (Å²) in [6, 6.07) is 8.77. The average Bonchev–Trinajstić information content (AvgIpc) is 3.08. The van der Waals surface area contributed by atoms with Crippen molar-refractivity contribution in [3.05, 3.63) is 45.5 Å². The predicted octanol–water partition coefficient (Wildman–Crippen LogP) is 6.23. The van der Waals surface area contributed by atoms with Gasteiger partial charge in [0, 0.05) is 46.4 Å². The number of likely N-dealkylation sites (tertiary alicyclic amines) is 1. The fourth-order valence-electron chi connectivity index (χ4n) is 6.00. The summed E-state index contributed by atoms with van der Waals surface area (Å²) in [6.07, 6.45) is 9.40. The van der Waals surface area contributed by atoms with Crippen LogP contribution in [0.25, 0.3) is 0 Å². The lowest BCUT2D eigenvalue weighted by atomic mass is 9.82. The summed E-state index contributed by atoms with van der Waals surface area (Å²) < 4.78 is 6.35. The van der Waals surface area contributed by atoms with E-state index < -0.39 is 5.41 Å². The molecule has 1 aromatic rings. The molecular weight excluding hydrogens is 530 g/mol. The van der Waals surface area contributed by atoms with Crippen LogP contribution in [0, 0.1) is 17.3 Å². The van der Waals surface area contributed by atoms with Crippen LogP contribution in [0.1, 0.15) is 65.9 Å². The highest BCUT2D eigenvalue weighted by Gasteiger charge is 2.52. The maximum absolute atomic E-state index is 13.1. The van der Waals surface area contributed by atoms with E-state index in [0.717, 1.165) is 49.4 Å². The summed E-state index contributed by atoms with van der Waals surface area (Å²) in [5.74, 6) is 0.0296. The molecule has 0 N–H and O–H groups in total. The molecule has 214 valence electrons. The number of amides is 2. The quantitative estimate of drug-likeness (QED) is 0.273. The Balaban J connectivity index is 1.45. The summed E-state index contributed by atoms with van der Waals surface area (Å²) in [4.78, 5) is 36.1. The van der Waals surface area contributed by atoms with Crippen molar-refractivity contribution in [2.45, 2.75) is 84.9 Å². The Morgan fingerprint density at radius 1 is 1.15 bits per heavy atom. The Bertz CT molecular complexity index is 1090. The van der Waals surface area contributed by atoms with Crippen LogP contribution >= 0.6 is 23.4 Å². The molecule has 2 amide bonds. The van der Waals surface area contributed by atoms with Gasteiger partial charge in [-0.2, -0.15) is 0 Å². The van der Waals surface area contributed by atoms with Gasteiger partial charge in [0.05, 0.1) is 24.7 Å². The minimum Gasteiger partial charge on any atom is -0.373 e. The Kier molecular flexibility index (Phi) is 10.0. The van der Waals surface area contributed by atoms with Crippen LogP contribution in [-0.2, 0) is 20.7 Å². The molecule has 1 aromatic carbocycles. The van der Waals surface area contributed by atoms with Crippen molar-refractivity contribution in [3.63, 3.8) is 0 Å².